The number of nitrogens with zero attached hydrogens (tertiary/aromatic N) is 3. The molecule has 1 heterocycles. The molecule has 1 aromatic carbocycles. The van der Waals surface area contributed by atoms with Crippen LogP contribution in [0.15, 0.2) is 36.5 Å². The van der Waals surface area contributed by atoms with Gasteiger partial charge in [0.05, 0.1) is 11.9 Å². The summed E-state index contributed by atoms with van der Waals surface area (Å²) in [5, 5.41) is 12.7. The molecule has 6 nitrogen and oxygen atoms in total. The summed E-state index contributed by atoms with van der Waals surface area (Å²) in [5.74, 6) is 0.0302. The third-order valence-electron chi connectivity index (χ3n) is 2.51. The van der Waals surface area contributed by atoms with Crippen molar-refractivity contribution in [1.29, 1.82) is 5.26 Å². The van der Waals surface area contributed by atoms with Gasteiger partial charge >= 0.3 is 0 Å². The Morgan fingerprint density at radius 3 is 2.68 bits per heavy atom. The summed E-state index contributed by atoms with van der Waals surface area (Å²) < 4.78 is 27.8. The molecule has 0 aliphatic heterocycles. The van der Waals surface area contributed by atoms with Crippen LogP contribution in [0.4, 0.5) is 5.82 Å². The highest BCUT2D eigenvalue weighted by Crippen LogP contribution is 2.16. The molecule has 0 aliphatic carbocycles. The monoisotopic (exact) mass is 276 g/mol. The highest BCUT2D eigenvalue weighted by molar-refractivity contribution is 7.91. The summed E-state index contributed by atoms with van der Waals surface area (Å²) in [6.45, 7) is 0. The normalized spacial score (nSPS) is 10.9. The number of benzene rings is 1. The summed E-state index contributed by atoms with van der Waals surface area (Å²) in [6.07, 6.45) is 1.32. The second kappa shape index (κ2) is 5.12. The lowest BCUT2D eigenvalue weighted by atomic mass is 10.2. The quantitative estimate of drug-likeness (QED) is 0.909. The number of anilines is 1. The van der Waals surface area contributed by atoms with Crippen LogP contribution in [0.25, 0.3) is 0 Å². The van der Waals surface area contributed by atoms with Crippen molar-refractivity contribution in [2.24, 2.45) is 7.05 Å². The maximum Gasteiger partial charge on any atom is 0.238 e. The van der Waals surface area contributed by atoms with E-state index in [2.05, 4.69) is 9.82 Å². The highest BCUT2D eigenvalue weighted by atomic mass is 32.2. The number of nitriles is 1. The Balaban J connectivity index is 2.23. The minimum Gasteiger partial charge on any atom is -0.266 e. The van der Waals surface area contributed by atoms with Crippen LogP contribution in [0.3, 0.4) is 0 Å². The fourth-order valence-electron chi connectivity index (χ4n) is 1.62. The van der Waals surface area contributed by atoms with Gasteiger partial charge in [-0.15, -0.1) is 0 Å². The zero-order valence-corrected chi connectivity index (χ0v) is 11.1. The summed E-state index contributed by atoms with van der Waals surface area (Å²) >= 11 is 0. The SMILES string of the molecule is Cn1ncc(C#N)c1NS(=O)(=O)Cc1ccccc1. The van der Waals surface area contributed by atoms with Gasteiger partial charge in [-0.25, -0.2) is 8.42 Å². The molecule has 2 aromatic rings. The Labute approximate surface area is 111 Å². The second-order valence-electron chi connectivity index (χ2n) is 3.99. The van der Waals surface area contributed by atoms with Gasteiger partial charge < -0.3 is 0 Å². The van der Waals surface area contributed by atoms with Crippen molar-refractivity contribution in [2.45, 2.75) is 5.75 Å². The maximum atomic E-state index is 12.0. The first-order valence-electron chi connectivity index (χ1n) is 5.48. The van der Waals surface area contributed by atoms with E-state index in [4.69, 9.17) is 5.26 Å². The summed E-state index contributed by atoms with van der Waals surface area (Å²) in [7, 11) is -2.00. The van der Waals surface area contributed by atoms with E-state index in [1.54, 1.807) is 31.3 Å². The lowest BCUT2D eigenvalue weighted by molar-refractivity contribution is 0.599. The highest BCUT2D eigenvalue weighted by Gasteiger charge is 2.17. The van der Waals surface area contributed by atoms with Gasteiger partial charge in [-0.1, -0.05) is 30.3 Å². The van der Waals surface area contributed by atoms with Crippen molar-refractivity contribution in [3.05, 3.63) is 47.7 Å². The number of hydrogen-bond donors (Lipinski definition) is 1. The summed E-state index contributed by atoms with van der Waals surface area (Å²) in [6, 6.07) is 10.7. The van der Waals surface area contributed by atoms with Crippen molar-refractivity contribution < 1.29 is 8.42 Å². The second-order valence-corrected chi connectivity index (χ2v) is 5.71. The molecule has 0 amide bonds. The van der Waals surface area contributed by atoms with Gasteiger partial charge in [-0.05, 0) is 5.56 Å². The maximum absolute atomic E-state index is 12.0. The molecule has 0 spiro atoms. The van der Waals surface area contributed by atoms with Crippen molar-refractivity contribution in [2.75, 3.05) is 4.72 Å². The number of rotatable bonds is 4. The molecule has 0 atom stereocenters. The Morgan fingerprint density at radius 2 is 2.05 bits per heavy atom. The molecular weight excluding hydrogens is 264 g/mol. The Bertz CT molecular complexity index is 714. The van der Waals surface area contributed by atoms with Crippen LogP contribution < -0.4 is 4.72 Å². The van der Waals surface area contributed by atoms with E-state index in [1.807, 2.05) is 12.1 Å². The molecule has 7 heteroatoms. The Kier molecular flexibility index (Phi) is 3.53. The molecule has 0 unspecified atom stereocenters. The predicted molar refractivity (Wildman–Crippen MR) is 70.6 cm³/mol. The molecule has 0 saturated heterocycles. The first-order chi connectivity index (χ1) is 9.02. The van der Waals surface area contributed by atoms with Crippen LogP contribution in [0.2, 0.25) is 0 Å². The molecule has 0 fully saturated rings. The van der Waals surface area contributed by atoms with Crippen LogP contribution in [0.1, 0.15) is 11.1 Å². The van der Waals surface area contributed by atoms with Gasteiger partial charge in [0, 0.05) is 7.05 Å². The Hall–Kier alpha value is -2.33. The molecule has 2 rings (SSSR count). The van der Waals surface area contributed by atoms with E-state index in [1.165, 1.54) is 10.9 Å². The van der Waals surface area contributed by atoms with E-state index >= 15 is 0 Å². The molecule has 19 heavy (non-hydrogen) atoms. The van der Waals surface area contributed by atoms with Crippen LogP contribution in [0.5, 0.6) is 0 Å². The van der Waals surface area contributed by atoms with Crippen LogP contribution in [0, 0.1) is 11.3 Å². The standard InChI is InChI=1S/C12H12N4O2S/c1-16-12(11(7-13)8-14-16)15-19(17,18)9-10-5-3-2-4-6-10/h2-6,8,15H,9H2,1H3. The van der Waals surface area contributed by atoms with Crippen LogP contribution >= 0.6 is 0 Å². The lowest BCUT2D eigenvalue weighted by Gasteiger charge is -2.08. The zero-order chi connectivity index (χ0) is 13.9. The van der Waals surface area contributed by atoms with Crippen molar-refractivity contribution in [1.82, 2.24) is 9.78 Å². The van der Waals surface area contributed by atoms with Gasteiger partial charge in [0.25, 0.3) is 0 Å². The minimum absolute atomic E-state index is 0.149. The number of sulfonamides is 1. The average molecular weight is 276 g/mol. The minimum atomic E-state index is -3.57. The topological polar surface area (TPSA) is 87.8 Å². The van der Waals surface area contributed by atoms with Gasteiger partial charge in [0.15, 0.2) is 5.82 Å². The van der Waals surface area contributed by atoms with Gasteiger partial charge in [0.1, 0.15) is 11.6 Å². The molecule has 1 aromatic heterocycles. The summed E-state index contributed by atoms with van der Waals surface area (Å²) in [5.41, 5.74) is 0.870. The third kappa shape index (κ3) is 3.11. The number of aromatic nitrogens is 2. The van der Waals surface area contributed by atoms with Gasteiger partial charge in [0.2, 0.25) is 10.0 Å². The molecule has 0 saturated carbocycles. The van der Waals surface area contributed by atoms with E-state index in [9.17, 15) is 8.42 Å². The van der Waals surface area contributed by atoms with Crippen LogP contribution in [-0.2, 0) is 22.8 Å². The number of nitrogens with one attached hydrogen (secondary N) is 1. The lowest BCUT2D eigenvalue weighted by Crippen LogP contribution is -2.17. The van der Waals surface area contributed by atoms with Crippen LogP contribution in [-0.4, -0.2) is 18.2 Å². The number of aryl methyl sites for hydroxylation is 1. The number of hydrogen-bond acceptors (Lipinski definition) is 4. The van der Waals surface area contributed by atoms with Crippen molar-refractivity contribution >= 4 is 15.8 Å². The van der Waals surface area contributed by atoms with Crippen molar-refractivity contribution in [3.8, 4) is 6.07 Å². The van der Waals surface area contributed by atoms with Gasteiger partial charge in [-0.3, -0.25) is 9.40 Å². The van der Waals surface area contributed by atoms with E-state index in [0.29, 0.717) is 5.56 Å². The average Bonchev–Trinajstić information content (AvgIpc) is 2.70. The zero-order valence-electron chi connectivity index (χ0n) is 10.2. The van der Waals surface area contributed by atoms with E-state index in [-0.39, 0.29) is 17.1 Å². The molecule has 0 aliphatic rings. The summed E-state index contributed by atoms with van der Waals surface area (Å²) in [4.78, 5) is 0. The van der Waals surface area contributed by atoms with Gasteiger partial charge in [-0.2, -0.15) is 10.4 Å². The third-order valence-corrected chi connectivity index (χ3v) is 3.73. The fourth-order valence-corrected chi connectivity index (χ4v) is 2.86. The largest absolute Gasteiger partial charge is 0.266 e. The smallest absolute Gasteiger partial charge is 0.238 e. The van der Waals surface area contributed by atoms with Crippen molar-refractivity contribution in [3.63, 3.8) is 0 Å². The molecule has 0 radical (unpaired) electrons. The van der Waals surface area contributed by atoms with E-state index in [0.717, 1.165) is 0 Å². The molecule has 98 valence electrons. The Morgan fingerprint density at radius 1 is 1.37 bits per heavy atom. The van der Waals surface area contributed by atoms with E-state index < -0.39 is 10.0 Å². The first-order valence-corrected chi connectivity index (χ1v) is 7.13. The molecule has 0 bridgehead atoms. The predicted octanol–water partition coefficient (Wildman–Crippen LogP) is 1.23. The first kappa shape index (κ1) is 13.1. The fraction of sp³-hybridized carbons (Fsp3) is 0.167. The molecule has 1 N–H and O–H groups in total. The molecular formula is C12H12N4O2S.